The summed E-state index contributed by atoms with van der Waals surface area (Å²) in [5.41, 5.74) is 5.78. The number of amides is 1. The lowest BCUT2D eigenvalue weighted by Crippen LogP contribution is -2.44. The lowest BCUT2D eigenvalue weighted by atomic mass is 10.0. The smallest absolute Gasteiger partial charge is 0.237 e. The van der Waals surface area contributed by atoms with Crippen molar-refractivity contribution in [3.63, 3.8) is 0 Å². The number of hydrogen-bond donors (Lipinski definition) is 2. The molecule has 0 aliphatic rings. The van der Waals surface area contributed by atoms with Crippen molar-refractivity contribution in [2.75, 3.05) is 0 Å². The van der Waals surface area contributed by atoms with Crippen molar-refractivity contribution in [2.24, 2.45) is 11.7 Å². The molecule has 0 radical (unpaired) electrons. The summed E-state index contributed by atoms with van der Waals surface area (Å²) >= 11 is 1.70. The van der Waals surface area contributed by atoms with Crippen LogP contribution in [0, 0.1) is 12.8 Å². The molecule has 0 aliphatic carbocycles. The van der Waals surface area contributed by atoms with Gasteiger partial charge in [-0.05, 0) is 31.9 Å². The molecule has 0 saturated heterocycles. The van der Waals surface area contributed by atoms with Crippen molar-refractivity contribution in [1.82, 2.24) is 5.32 Å². The van der Waals surface area contributed by atoms with Crippen molar-refractivity contribution in [2.45, 2.75) is 39.8 Å². The summed E-state index contributed by atoms with van der Waals surface area (Å²) in [4.78, 5) is 14.2. The number of hydrogen-bond acceptors (Lipinski definition) is 3. The molecule has 0 spiro atoms. The van der Waals surface area contributed by atoms with Gasteiger partial charge in [-0.1, -0.05) is 13.8 Å². The quantitative estimate of drug-likeness (QED) is 0.848. The molecular weight excluding hydrogens is 220 g/mol. The highest BCUT2D eigenvalue weighted by molar-refractivity contribution is 7.12. The van der Waals surface area contributed by atoms with Gasteiger partial charge in [0.25, 0.3) is 0 Å². The summed E-state index contributed by atoms with van der Waals surface area (Å²) in [6.07, 6.45) is 0. The number of carbonyl (C=O) groups is 1. The Kier molecular flexibility index (Phi) is 4.50. The van der Waals surface area contributed by atoms with E-state index in [-0.39, 0.29) is 17.9 Å². The zero-order chi connectivity index (χ0) is 12.3. The third-order valence-electron chi connectivity index (χ3n) is 2.57. The summed E-state index contributed by atoms with van der Waals surface area (Å²) in [5, 5.41) is 2.94. The van der Waals surface area contributed by atoms with Gasteiger partial charge in [0.15, 0.2) is 0 Å². The van der Waals surface area contributed by atoms with Gasteiger partial charge in [-0.15, -0.1) is 11.3 Å². The van der Waals surface area contributed by atoms with Crippen molar-refractivity contribution < 1.29 is 4.79 Å². The molecule has 1 aromatic heterocycles. The lowest BCUT2D eigenvalue weighted by molar-refractivity contribution is -0.123. The predicted octanol–water partition coefficient (Wildman–Crippen LogP) is 2.22. The fourth-order valence-electron chi connectivity index (χ4n) is 1.37. The van der Waals surface area contributed by atoms with Gasteiger partial charge < -0.3 is 11.1 Å². The van der Waals surface area contributed by atoms with Crippen LogP contribution >= 0.6 is 11.3 Å². The van der Waals surface area contributed by atoms with Crippen LogP contribution in [0.4, 0.5) is 0 Å². The van der Waals surface area contributed by atoms with Gasteiger partial charge in [0.05, 0.1) is 12.1 Å². The van der Waals surface area contributed by atoms with Crippen molar-refractivity contribution >= 4 is 17.2 Å². The minimum atomic E-state index is -0.427. The van der Waals surface area contributed by atoms with E-state index in [1.54, 1.807) is 11.3 Å². The van der Waals surface area contributed by atoms with Crippen LogP contribution in [0.3, 0.4) is 0 Å². The first-order valence-corrected chi connectivity index (χ1v) is 6.35. The van der Waals surface area contributed by atoms with E-state index in [1.807, 2.05) is 26.8 Å². The fourth-order valence-corrected chi connectivity index (χ4v) is 2.25. The number of thiophene rings is 1. The Morgan fingerprint density at radius 3 is 2.44 bits per heavy atom. The SMILES string of the molecule is Cc1ccc(C(C)NC(=O)[C@@H](N)C(C)C)s1. The Hall–Kier alpha value is -0.870. The van der Waals surface area contributed by atoms with E-state index in [2.05, 4.69) is 18.3 Å². The monoisotopic (exact) mass is 240 g/mol. The second kappa shape index (κ2) is 5.46. The highest BCUT2D eigenvalue weighted by Gasteiger charge is 2.19. The molecular formula is C12H20N2OS. The molecule has 0 fully saturated rings. The first-order chi connectivity index (χ1) is 7.41. The third-order valence-corrected chi connectivity index (χ3v) is 3.75. The van der Waals surface area contributed by atoms with Crippen molar-refractivity contribution in [1.29, 1.82) is 0 Å². The van der Waals surface area contributed by atoms with E-state index in [4.69, 9.17) is 5.73 Å². The number of carbonyl (C=O) groups excluding carboxylic acids is 1. The highest BCUT2D eigenvalue weighted by atomic mass is 32.1. The summed E-state index contributed by atoms with van der Waals surface area (Å²) in [6, 6.07) is 3.72. The molecule has 3 nitrogen and oxygen atoms in total. The second-order valence-electron chi connectivity index (χ2n) is 4.45. The summed E-state index contributed by atoms with van der Waals surface area (Å²) in [6.45, 7) is 7.94. The van der Waals surface area contributed by atoms with E-state index in [9.17, 15) is 4.79 Å². The van der Waals surface area contributed by atoms with Crippen LogP contribution in [0.15, 0.2) is 12.1 Å². The van der Waals surface area contributed by atoms with E-state index in [0.717, 1.165) is 0 Å². The van der Waals surface area contributed by atoms with Crippen molar-refractivity contribution in [3.8, 4) is 0 Å². The molecule has 1 aromatic rings. The van der Waals surface area contributed by atoms with Gasteiger partial charge in [0.1, 0.15) is 0 Å². The van der Waals surface area contributed by atoms with E-state index < -0.39 is 6.04 Å². The predicted molar refractivity (Wildman–Crippen MR) is 68.4 cm³/mol. The zero-order valence-corrected chi connectivity index (χ0v) is 11.1. The van der Waals surface area contributed by atoms with Crippen LogP contribution in [0.5, 0.6) is 0 Å². The molecule has 16 heavy (non-hydrogen) atoms. The molecule has 0 bridgehead atoms. The molecule has 3 N–H and O–H groups in total. The maximum absolute atomic E-state index is 11.7. The fraction of sp³-hybridized carbons (Fsp3) is 0.583. The van der Waals surface area contributed by atoms with Crippen LogP contribution in [0.25, 0.3) is 0 Å². The molecule has 2 atom stereocenters. The highest BCUT2D eigenvalue weighted by Crippen LogP contribution is 2.22. The van der Waals surface area contributed by atoms with Crippen LogP contribution < -0.4 is 11.1 Å². The third kappa shape index (κ3) is 3.32. The number of rotatable bonds is 4. The van der Waals surface area contributed by atoms with E-state index in [1.165, 1.54) is 9.75 Å². The maximum atomic E-state index is 11.7. The number of nitrogens with one attached hydrogen (secondary N) is 1. The van der Waals surface area contributed by atoms with Crippen LogP contribution in [-0.4, -0.2) is 11.9 Å². The standard InChI is InChI=1S/C12H20N2OS/c1-7(2)11(13)12(15)14-9(4)10-6-5-8(3)16-10/h5-7,9,11H,13H2,1-4H3,(H,14,15)/t9?,11-/m0/s1. The molecule has 1 rings (SSSR count). The molecule has 0 saturated carbocycles. The Bertz CT molecular complexity index is 360. The summed E-state index contributed by atoms with van der Waals surface area (Å²) in [7, 11) is 0. The molecule has 1 unspecified atom stereocenters. The lowest BCUT2D eigenvalue weighted by Gasteiger charge is -2.18. The van der Waals surface area contributed by atoms with Gasteiger partial charge in [0.2, 0.25) is 5.91 Å². The molecule has 1 heterocycles. The van der Waals surface area contributed by atoms with Crippen LogP contribution in [0.1, 0.15) is 36.6 Å². The number of aryl methyl sites for hydroxylation is 1. The zero-order valence-electron chi connectivity index (χ0n) is 10.3. The Morgan fingerprint density at radius 1 is 1.38 bits per heavy atom. The number of nitrogens with two attached hydrogens (primary N) is 1. The summed E-state index contributed by atoms with van der Waals surface area (Å²) < 4.78 is 0. The van der Waals surface area contributed by atoms with Gasteiger partial charge in [-0.25, -0.2) is 0 Å². The minimum Gasteiger partial charge on any atom is -0.347 e. The topological polar surface area (TPSA) is 55.1 Å². The van der Waals surface area contributed by atoms with Crippen molar-refractivity contribution in [3.05, 3.63) is 21.9 Å². The van der Waals surface area contributed by atoms with Crippen LogP contribution in [0.2, 0.25) is 0 Å². The second-order valence-corrected chi connectivity index (χ2v) is 5.77. The van der Waals surface area contributed by atoms with Gasteiger partial charge in [-0.3, -0.25) is 4.79 Å². The minimum absolute atomic E-state index is 0.0380. The van der Waals surface area contributed by atoms with Gasteiger partial charge in [-0.2, -0.15) is 0 Å². The first kappa shape index (κ1) is 13.2. The first-order valence-electron chi connectivity index (χ1n) is 5.54. The maximum Gasteiger partial charge on any atom is 0.237 e. The molecule has 90 valence electrons. The Morgan fingerprint density at radius 2 is 2.00 bits per heavy atom. The molecule has 0 aromatic carbocycles. The van der Waals surface area contributed by atoms with Gasteiger partial charge >= 0.3 is 0 Å². The van der Waals surface area contributed by atoms with Gasteiger partial charge in [0, 0.05) is 9.75 Å². The summed E-state index contributed by atoms with van der Waals surface area (Å²) in [5.74, 6) is 0.0887. The van der Waals surface area contributed by atoms with E-state index in [0.29, 0.717) is 0 Å². The van der Waals surface area contributed by atoms with Crippen LogP contribution in [-0.2, 0) is 4.79 Å². The average molecular weight is 240 g/mol. The molecule has 4 heteroatoms. The Balaban J connectivity index is 2.58. The normalized spacial score (nSPS) is 14.9. The van der Waals surface area contributed by atoms with E-state index >= 15 is 0 Å². The Labute approximate surface area is 101 Å². The molecule has 0 aliphatic heterocycles. The molecule has 1 amide bonds. The largest absolute Gasteiger partial charge is 0.347 e. The average Bonchev–Trinajstić information content (AvgIpc) is 2.63.